The number of unbranched alkanes of at least 4 members (excludes halogenated alkanes) is 14. The van der Waals surface area contributed by atoms with Gasteiger partial charge < -0.3 is 27.6 Å². The zero-order valence-electron chi connectivity index (χ0n) is 20.5. The highest BCUT2D eigenvalue weighted by Gasteiger charge is 1.96. The van der Waals surface area contributed by atoms with Gasteiger partial charge in [0.1, 0.15) is 0 Å². The molecule has 0 radical (unpaired) electrons. The summed E-state index contributed by atoms with van der Waals surface area (Å²) in [5, 5.41) is 0. The van der Waals surface area contributed by atoms with Crippen molar-refractivity contribution in [2.75, 3.05) is 20.6 Å². The molecule has 0 atom stereocenters. The molecular formula is C25H53BrN2O. The second kappa shape index (κ2) is 27.6. The number of amides is 1. The lowest BCUT2D eigenvalue weighted by molar-refractivity contribution is -0.858. The van der Waals surface area contributed by atoms with E-state index in [9.17, 15) is 4.79 Å². The molecule has 0 fully saturated rings. The van der Waals surface area contributed by atoms with E-state index in [1.54, 1.807) is 11.8 Å². The fourth-order valence-electron chi connectivity index (χ4n) is 3.13. The lowest BCUT2D eigenvalue weighted by Crippen LogP contribution is -3.05. The van der Waals surface area contributed by atoms with Crippen molar-refractivity contribution in [3.8, 4) is 0 Å². The maximum Gasteiger partial charge on any atom is 0.244 e. The zero-order chi connectivity index (χ0) is 21.5. The van der Waals surface area contributed by atoms with Gasteiger partial charge in [-0.3, -0.25) is 4.79 Å². The highest BCUT2D eigenvalue weighted by molar-refractivity contribution is 5.91. The predicted octanol–water partition coefficient (Wildman–Crippen LogP) is 2.83. The van der Waals surface area contributed by atoms with Gasteiger partial charge in [-0.2, -0.15) is 0 Å². The molecule has 0 aliphatic heterocycles. The minimum Gasteiger partial charge on any atom is -1.00 e. The van der Waals surface area contributed by atoms with Crippen LogP contribution in [0.1, 0.15) is 124 Å². The largest absolute Gasteiger partial charge is 1.00 e. The third kappa shape index (κ3) is 32.5. The number of nitrogens with one attached hydrogen (secondary N) is 1. The van der Waals surface area contributed by atoms with Crippen LogP contribution in [0, 0.1) is 0 Å². The standard InChI is InChI=1S/C18H39N.C7H13NO.BrH/c1-4-5-6-7-8-9-10-11-12-13-14-15-16-17-18-19(2)3;1-3-4-5-6(2)7(8)9;/h4-18H2,1-3H3;5H,3-4H2,1-2H3,(H2,8,9);1H. The Balaban J connectivity index is -0.000000572. The fraction of sp³-hybridized carbons (Fsp3) is 0.880. The Morgan fingerprint density at radius 2 is 1.10 bits per heavy atom. The molecule has 3 N–H and O–H groups in total. The molecule has 0 rings (SSSR count). The van der Waals surface area contributed by atoms with Crippen LogP contribution < -0.4 is 27.6 Å². The first-order valence-electron chi connectivity index (χ1n) is 12.2. The first-order chi connectivity index (χ1) is 13.5. The van der Waals surface area contributed by atoms with Crippen LogP contribution in [-0.4, -0.2) is 26.5 Å². The van der Waals surface area contributed by atoms with E-state index < -0.39 is 0 Å². The minimum atomic E-state index is -0.316. The average molecular weight is 478 g/mol. The highest BCUT2D eigenvalue weighted by atomic mass is 79.9. The van der Waals surface area contributed by atoms with Crippen LogP contribution in [-0.2, 0) is 4.79 Å². The lowest BCUT2D eigenvalue weighted by Gasteiger charge is -2.06. The Labute approximate surface area is 194 Å². The van der Waals surface area contributed by atoms with Crippen LogP contribution in [0.4, 0.5) is 0 Å². The van der Waals surface area contributed by atoms with Crippen molar-refractivity contribution in [1.29, 1.82) is 0 Å². The third-order valence-electron chi connectivity index (χ3n) is 5.16. The molecule has 0 aromatic heterocycles. The summed E-state index contributed by atoms with van der Waals surface area (Å²) >= 11 is 0. The van der Waals surface area contributed by atoms with E-state index in [2.05, 4.69) is 27.9 Å². The lowest BCUT2D eigenvalue weighted by atomic mass is 10.0. The van der Waals surface area contributed by atoms with Gasteiger partial charge in [0, 0.05) is 5.57 Å². The molecule has 176 valence electrons. The smallest absolute Gasteiger partial charge is 0.244 e. The molecule has 0 saturated carbocycles. The number of hydrogen-bond acceptors (Lipinski definition) is 1. The predicted molar refractivity (Wildman–Crippen MR) is 126 cm³/mol. The van der Waals surface area contributed by atoms with E-state index in [0.717, 1.165) is 12.8 Å². The summed E-state index contributed by atoms with van der Waals surface area (Å²) in [5.74, 6) is -0.316. The summed E-state index contributed by atoms with van der Waals surface area (Å²) in [6, 6.07) is 0. The van der Waals surface area contributed by atoms with Crippen molar-refractivity contribution in [3.63, 3.8) is 0 Å². The molecule has 29 heavy (non-hydrogen) atoms. The first-order valence-corrected chi connectivity index (χ1v) is 12.2. The monoisotopic (exact) mass is 476 g/mol. The zero-order valence-corrected chi connectivity index (χ0v) is 22.0. The first kappa shape index (κ1) is 33.3. The van der Waals surface area contributed by atoms with Gasteiger partial charge in [-0.25, -0.2) is 0 Å². The SMILES string of the molecule is CCCC=C(C)C(N)=O.CCCCCCCCCCCCCCCC[NH+](C)C.[Br-]. The number of primary amides is 1. The van der Waals surface area contributed by atoms with Gasteiger partial charge in [-0.15, -0.1) is 0 Å². The molecule has 0 aliphatic rings. The van der Waals surface area contributed by atoms with Crippen molar-refractivity contribution in [3.05, 3.63) is 11.6 Å². The number of hydrogen-bond donors (Lipinski definition) is 2. The molecule has 3 nitrogen and oxygen atoms in total. The molecular weight excluding hydrogens is 424 g/mol. The molecule has 0 aromatic rings. The summed E-state index contributed by atoms with van der Waals surface area (Å²) in [6.07, 6.45) is 24.3. The average Bonchev–Trinajstić information content (AvgIpc) is 2.66. The van der Waals surface area contributed by atoms with Crippen LogP contribution in [0.2, 0.25) is 0 Å². The number of allylic oxidation sites excluding steroid dienone is 1. The number of carbonyl (C=O) groups is 1. The van der Waals surface area contributed by atoms with Gasteiger partial charge in [0.25, 0.3) is 0 Å². The van der Waals surface area contributed by atoms with Crippen molar-refractivity contribution in [1.82, 2.24) is 0 Å². The summed E-state index contributed by atoms with van der Waals surface area (Å²) in [7, 11) is 4.50. The van der Waals surface area contributed by atoms with E-state index in [-0.39, 0.29) is 22.9 Å². The van der Waals surface area contributed by atoms with Gasteiger partial charge >= 0.3 is 0 Å². The molecule has 0 heterocycles. The molecule has 0 bridgehead atoms. The van der Waals surface area contributed by atoms with Crippen molar-refractivity contribution in [2.45, 2.75) is 124 Å². The van der Waals surface area contributed by atoms with E-state index in [1.807, 2.05) is 6.08 Å². The maximum absolute atomic E-state index is 10.4. The number of quaternary nitrogens is 1. The van der Waals surface area contributed by atoms with E-state index in [0.29, 0.717) is 5.57 Å². The minimum absolute atomic E-state index is 0. The second-order valence-corrected chi connectivity index (χ2v) is 8.59. The molecule has 0 saturated heterocycles. The van der Waals surface area contributed by atoms with Gasteiger partial charge in [0.15, 0.2) is 0 Å². The fourth-order valence-corrected chi connectivity index (χ4v) is 3.13. The van der Waals surface area contributed by atoms with Crippen molar-refractivity contribution in [2.24, 2.45) is 5.73 Å². The number of carbonyl (C=O) groups excluding carboxylic acids is 1. The Kier molecular flexibility index (Phi) is 31.7. The molecule has 0 aliphatic carbocycles. The maximum atomic E-state index is 10.4. The number of nitrogens with two attached hydrogens (primary N) is 1. The summed E-state index contributed by atoms with van der Waals surface area (Å²) < 4.78 is 0. The van der Waals surface area contributed by atoms with E-state index >= 15 is 0 Å². The van der Waals surface area contributed by atoms with E-state index in [4.69, 9.17) is 5.73 Å². The summed E-state index contributed by atoms with van der Waals surface area (Å²) in [6.45, 7) is 7.43. The van der Waals surface area contributed by atoms with Crippen LogP contribution in [0.3, 0.4) is 0 Å². The topological polar surface area (TPSA) is 47.5 Å². The molecule has 0 unspecified atom stereocenters. The van der Waals surface area contributed by atoms with Crippen LogP contribution in [0.5, 0.6) is 0 Å². The van der Waals surface area contributed by atoms with Crippen LogP contribution in [0.25, 0.3) is 0 Å². The Bertz CT molecular complexity index is 357. The van der Waals surface area contributed by atoms with Gasteiger partial charge in [-0.05, 0) is 26.2 Å². The molecule has 1 amide bonds. The molecule has 4 heteroatoms. The molecule has 0 spiro atoms. The van der Waals surface area contributed by atoms with Gasteiger partial charge in [0.2, 0.25) is 5.91 Å². The quantitative estimate of drug-likeness (QED) is 0.232. The Hall–Kier alpha value is -0.350. The van der Waals surface area contributed by atoms with Crippen molar-refractivity contribution >= 4 is 5.91 Å². The van der Waals surface area contributed by atoms with Crippen LogP contribution in [0.15, 0.2) is 11.6 Å². The van der Waals surface area contributed by atoms with E-state index in [1.165, 1.54) is 96.4 Å². The number of rotatable bonds is 18. The van der Waals surface area contributed by atoms with Crippen molar-refractivity contribution < 1.29 is 26.7 Å². The third-order valence-corrected chi connectivity index (χ3v) is 5.16. The van der Waals surface area contributed by atoms with Crippen LogP contribution >= 0.6 is 0 Å². The van der Waals surface area contributed by atoms with Gasteiger partial charge in [-0.1, -0.05) is 103 Å². The second-order valence-electron chi connectivity index (χ2n) is 8.59. The Morgan fingerprint density at radius 3 is 1.41 bits per heavy atom. The molecule has 0 aromatic carbocycles. The normalized spacial score (nSPS) is 11.0. The summed E-state index contributed by atoms with van der Waals surface area (Å²) in [5.41, 5.74) is 5.63. The Morgan fingerprint density at radius 1 is 0.724 bits per heavy atom. The van der Waals surface area contributed by atoms with Gasteiger partial charge in [0.05, 0.1) is 20.6 Å². The number of halogens is 1. The highest BCUT2D eigenvalue weighted by Crippen LogP contribution is 2.12. The summed E-state index contributed by atoms with van der Waals surface area (Å²) in [4.78, 5) is 12.0.